The van der Waals surface area contributed by atoms with Crippen molar-refractivity contribution in [1.29, 1.82) is 0 Å². The zero-order valence-electron chi connectivity index (χ0n) is 16.7. The molecule has 0 fully saturated rings. The number of nitrogens with zero attached hydrogens (tertiary/aromatic N) is 2. The van der Waals surface area contributed by atoms with Crippen molar-refractivity contribution < 1.29 is 40.9 Å². The Morgan fingerprint density at radius 2 is 1.48 bits per heavy atom. The second kappa shape index (κ2) is 11.8. The predicted molar refractivity (Wildman–Crippen MR) is 109 cm³/mol. The molecule has 1 N–H and O–H groups in total. The van der Waals surface area contributed by atoms with E-state index < -0.39 is 32.3 Å². The van der Waals surface area contributed by atoms with Gasteiger partial charge in [0.25, 0.3) is 0 Å². The van der Waals surface area contributed by atoms with Crippen LogP contribution in [-0.4, -0.2) is 49.6 Å². The molecule has 33 heavy (non-hydrogen) atoms. The number of halogens is 6. The van der Waals surface area contributed by atoms with Gasteiger partial charge in [0.2, 0.25) is 0 Å². The lowest BCUT2D eigenvalue weighted by molar-refractivity contribution is -0.134. The van der Waals surface area contributed by atoms with Gasteiger partial charge in [0.15, 0.2) is 11.5 Å². The van der Waals surface area contributed by atoms with Gasteiger partial charge in [-0.3, -0.25) is 0 Å². The van der Waals surface area contributed by atoms with Gasteiger partial charge in [0, 0.05) is 17.1 Å². The number of benzene rings is 2. The molecule has 0 saturated heterocycles. The van der Waals surface area contributed by atoms with Gasteiger partial charge >= 0.3 is 13.2 Å². The van der Waals surface area contributed by atoms with Gasteiger partial charge in [-0.25, -0.2) is 14.4 Å². The molecule has 0 amide bonds. The molecule has 2 aromatic carbocycles. The van der Waals surface area contributed by atoms with E-state index in [0.29, 0.717) is 22.4 Å². The molecule has 0 aliphatic heterocycles. The molecule has 1 heterocycles. The smallest absolute Gasteiger partial charge is 0.345 e. The van der Waals surface area contributed by atoms with Gasteiger partial charge in [0.05, 0.1) is 23.8 Å². The Kier molecular flexibility index (Phi) is 8.80. The summed E-state index contributed by atoms with van der Waals surface area (Å²) in [6.45, 7) is -7.19. The molecule has 0 spiro atoms. The summed E-state index contributed by atoms with van der Waals surface area (Å²) in [5.41, 5.74) is 0.834. The van der Waals surface area contributed by atoms with Gasteiger partial charge in [-0.15, -0.1) is 0 Å². The SMILES string of the molecule is Fc1ccc(Nc2ncnc3cc(OCCOC(F)F)c(OCCOC(F)F)cc23)cc1Cl. The van der Waals surface area contributed by atoms with Crippen molar-refractivity contribution in [3.8, 4) is 11.5 Å². The van der Waals surface area contributed by atoms with Crippen molar-refractivity contribution in [2.45, 2.75) is 13.2 Å². The van der Waals surface area contributed by atoms with Crippen LogP contribution in [0.15, 0.2) is 36.7 Å². The average molecular weight is 494 g/mol. The molecule has 3 aromatic rings. The number of anilines is 2. The molecule has 0 saturated carbocycles. The van der Waals surface area contributed by atoms with Crippen molar-refractivity contribution in [2.24, 2.45) is 0 Å². The van der Waals surface area contributed by atoms with Crippen molar-refractivity contribution in [2.75, 3.05) is 31.7 Å². The Morgan fingerprint density at radius 1 is 0.848 bits per heavy atom. The maximum absolute atomic E-state index is 13.4. The lowest BCUT2D eigenvalue weighted by Crippen LogP contribution is -2.12. The zero-order chi connectivity index (χ0) is 23.8. The Hall–Kier alpha value is -2.96. The van der Waals surface area contributed by atoms with Crippen molar-refractivity contribution in [3.63, 3.8) is 0 Å². The van der Waals surface area contributed by atoms with E-state index in [2.05, 4.69) is 24.8 Å². The molecule has 0 bridgehead atoms. The van der Waals surface area contributed by atoms with E-state index in [1.54, 1.807) is 0 Å². The molecule has 0 aliphatic rings. The normalized spacial score (nSPS) is 11.4. The minimum Gasteiger partial charge on any atom is -0.487 e. The molecule has 3 rings (SSSR count). The van der Waals surface area contributed by atoms with Crippen molar-refractivity contribution in [1.82, 2.24) is 9.97 Å². The first-order chi connectivity index (χ1) is 15.8. The first kappa shape index (κ1) is 24.7. The topological polar surface area (TPSA) is 74.7 Å². The Labute approximate surface area is 189 Å². The van der Waals surface area contributed by atoms with Gasteiger partial charge in [-0.1, -0.05) is 11.6 Å². The quantitative estimate of drug-likeness (QED) is 0.267. The second-order valence-corrected chi connectivity index (χ2v) is 6.66. The number of alkyl halides is 4. The lowest BCUT2D eigenvalue weighted by atomic mass is 10.2. The summed E-state index contributed by atoms with van der Waals surface area (Å²) in [6, 6.07) is 6.94. The number of aromatic nitrogens is 2. The number of rotatable bonds is 12. The molecule has 0 atom stereocenters. The molecule has 0 radical (unpaired) electrons. The maximum atomic E-state index is 13.4. The summed E-state index contributed by atoms with van der Waals surface area (Å²) < 4.78 is 81.4. The van der Waals surface area contributed by atoms with E-state index in [-0.39, 0.29) is 29.7 Å². The highest BCUT2D eigenvalue weighted by molar-refractivity contribution is 6.31. The molecule has 13 heteroatoms. The Bertz CT molecular complexity index is 1080. The highest BCUT2D eigenvalue weighted by atomic mass is 35.5. The fourth-order valence-corrected chi connectivity index (χ4v) is 2.86. The standard InChI is InChI=1S/C20H17ClF5N3O4/c21-13-7-11(1-2-14(13)22)29-18-12-8-16(30-3-5-32-19(23)24)17(9-15(12)27-10-28-18)31-4-6-33-20(25)26/h1-2,7-10,19-20H,3-6H2,(H,27,28,29). The third-order valence-electron chi connectivity index (χ3n) is 4.05. The van der Waals surface area contributed by atoms with Gasteiger partial charge in [0.1, 0.15) is 31.2 Å². The van der Waals surface area contributed by atoms with E-state index in [4.69, 9.17) is 21.1 Å². The van der Waals surface area contributed by atoms with Crippen LogP contribution in [0.2, 0.25) is 5.02 Å². The highest BCUT2D eigenvalue weighted by Crippen LogP contribution is 2.35. The van der Waals surface area contributed by atoms with Crippen LogP contribution >= 0.6 is 11.6 Å². The van der Waals surface area contributed by atoms with E-state index in [0.717, 1.165) is 0 Å². The lowest BCUT2D eigenvalue weighted by Gasteiger charge is -2.15. The molecule has 1 aromatic heterocycles. The predicted octanol–water partition coefficient (Wildman–Crippen LogP) is 5.40. The molecule has 0 aliphatic carbocycles. The van der Waals surface area contributed by atoms with Crippen LogP contribution in [0.4, 0.5) is 33.5 Å². The van der Waals surface area contributed by atoms with Gasteiger partial charge in [-0.05, 0) is 24.3 Å². The van der Waals surface area contributed by atoms with E-state index in [1.807, 2.05) is 0 Å². The highest BCUT2D eigenvalue weighted by Gasteiger charge is 2.14. The van der Waals surface area contributed by atoms with Crippen LogP contribution in [-0.2, 0) is 9.47 Å². The molecule has 178 valence electrons. The number of fused-ring (bicyclic) bond motifs is 1. The maximum Gasteiger partial charge on any atom is 0.345 e. The summed E-state index contributed by atoms with van der Waals surface area (Å²) in [4.78, 5) is 8.30. The second-order valence-electron chi connectivity index (χ2n) is 6.25. The van der Waals surface area contributed by atoms with E-state index in [1.165, 1.54) is 36.7 Å². The zero-order valence-corrected chi connectivity index (χ0v) is 17.5. The number of nitrogens with one attached hydrogen (secondary N) is 1. The van der Waals surface area contributed by atoms with Crippen LogP contribution in [0, 0.1) is 5.82 Å². The largest absolute Gasteiger partial charge is 0.487 e. The molecular weight excluding hydrogens is 477 g/mol. The molecular formula is C20H17ClF5N3O4. The average Bonchev–Trinajstić information content (AvgIpc) is 2.77. The first-order valence-corrected chi connectivity index (χ1v) is 9.77. The minimum absolute atomic E-state index is 0.0943. The van der Waals surface area contributed by atoms with Crippen LogP contribution in [0.1, 0.15) is 0 Å². The Morgan fingerprint density at radius 3 is 2.09 bits per heavy atom. The monoisotopic (exact) mass is 493 g/mol. The third-order valence-corrected chi connectivity index (χ3v) is 4.34. The summed E-state index contributed by atoms with van der Waals surface area (Å²) >= 11 is 5.81. The van der Waals surface area contributed by atoms with Crippen LogP contribution < -0.4 is 14.8 Å². The molecule has 0 unspecified atom stereocenters. The molecule has 7 nitrogen and oxygen atoms in total. The van der Waals surface area contributed by atoms with E-state index in [9.17, 15) is 22.0 Å². The van der Waals surface area contributed by atoms with Crippen molar-refractivity contribution in [3.05, 3.63) is 47.5 Å². The number of hydrogen-bond acceptors (Lipinski definition) is 7. The Balaban J connectivity index is 1.87. The van der Waals surface area contributed by atoms with E-state index >= 15 is 0 Å². The fraction of sp³-hybridized carbons (Fsp3) is 0.300. The van der Waals surface area contributed by atoms with Crippen LogP contribution in [0.25, 0.3) is 10.9 Å². The van der Waals surface area contributed by atoms with Crippen molar-refractivity contribution >= 4 is 34.0 Å². The summed E-state index contributed by atoms with van der Waals surface area (Å²) in [5, 5.41) is 3.33. The summed E-state index contributed by atoms with van der Waals surface area (Å²) in [5.74, 6) is -0.0580. The van der Waals surface area contributed by atoms with Gasteiger partial charge in [-0.2, -0.15) is 17.6 Å². The first-order valence-electron chi connectivity index (χ1n) is 9.39. The number of ether oxygens (including phenoxy) is 4. The van der Waals surface area contributed by atoms with Gasteiger partial charge < -0.3 is 24.3 Å². The van der Waals surface area contributed by atoms with Crippen LogP contribution in [0.3, 0.4) is 0 Å². The van der Waals surface area contributed by atoms with Crippen LogP contribution in [0.5, 0.6) is 11.5 Å². The summed E-state index contributed by atoms with van der Waals surface area (Å²) in [6.07, 6.45) is 1.26. The third kappa shape index (κ3) is 7.27. The number of hydrogen-bond donors (Lipinski definition) is 1. The summed E-state index contributed by atoms with van der Waals surface area (Å²) in [7, 11) is 0. The fourth-order valence-electron chi connectivity index (χ4n) is 2.68. The minimum atomic E-state index is -2.96.